The molecule has 7 nitrogen and oxygen atoms in total. The number of hydrogen-bond donors (Lipinski definition) is 0. The average molecular weight is 416 g/mol. The number of imide groups is 1. The Morgan fingerprint density at radius 3 is 2.07 bits per heavy atom. The maximum atomic E-state index is 13.0. The fourth-order valence-corrected chi connectivity index (χ4v) is 5.12. The van der Waals surface area contributed by atoms with Crippen LogP contribution in [-0.4, -0.2) is 60.8 Å². The molecular weight excluding hydrogens is 399 g/mol. The molecule has 2 aromatic carbocycles. The second-order valence-electron chi connectivity index (χ2n) is 6.98. The van der Waals surface area contributed by atoms with Crippen LogP contribution in [0.15, 0.2) is 53.4 Å². The molecule has 2 heterocycles. The fourth-order valence-electron chi connectivity index (χ4n) is 3.46. The van der Waals surface area contributed by atoms with Gasteiger partial charge in [-0.3, -0.25) is 19.3 Å². The van der Waals surface area contributed by atoms with E-state index in [0.29, 0.717) is 11.1 Å². The number of nitrogens with zero attached hydrogens (tertiary/aromatic N) is 2. The molecule has 0 saturated carbocycles. The Kier molecular flexibility index (Phi) is 4.70. The predicted molar refractivity (Wildman–Crippen MR) is 100 cm³/mol. The first kappa shape index (κ1) is 19.3. The molecule has 9 heteroatoms. The summed E-state index contributed by atoms with van der Waals surface area (Å²) < 4.78 is 38.0. The van der Waals surface area contributed by atoms with Gasteiger partial charge in [0.25, 0.3) is 11.8 Å². The van der Waals surface area contributed by atoms with Crippen molar-refractivity contribution in [3.8, 4) is 0 Å². The summed E-state index contributed by atoms with van der Waals surface area (Å²) in [6, 6.07) is 11.0. The van der Waals surface area contributed by atoms with Gasteiger partial charge in [0.1, 0.15) is 11.1 Å². The van der Waals surface area contributed by atoms with Crippen molar-refractivity contribution in [3.05, 3.63) is 65.5 Å². The van der Waals surface area contributed by atoms with Gasteiger partial charge < -0.3 is 4.90 Å². The number of sulfone groups is 1. The van der Waals surface area contributed by atoms with Crippen LogP contribution in [0.3, 0.4) is 0 Å². The van der Waals surface area contributed by atoms with Crippen LogP contribution >= 0.6 is 0 Å². The number of amides is 3. The van der Waals surface area contributed by atoms with E-state index >= 15 is 0 Å². The lowest BCUT2D eigenvalue weighted by Gasteiger charge is -2.38. The molecule has 0 bridgehead atoms. The number of fused-ring (bicyclic) bond motifs is 1. The van der Waals surface area contributed by atoms with E-state index in [4.69, 9.17) is 0 Å². The third-order valence-corrected chi connectivity index (χ3v) is 7.31. The van der Waals surface area contributed by atoms with E-state index in [0.717, 1.165) is 17.0 Å². The van der Waals surface area contributed by atoms with Gasteiger partial charge in [0.05, 0.1) is 16.0 Å². The summed E-state index contributed by atoms with van der Waals surface area (Å²) in [4.78, 5) is 39.4. The number of hydrogen-bond acceptors (Lipinski definition) is 5. The standard InChI is InChI=1S/C20H17FN2O5S/c21-13-5-7-14(8-6-13)29(27,28)15-11-22(12-15)18(24)9-10-23-19(25)16-3-1-2-4-17(16)20(23)26/h1-8,15H,9-12H2. The molecule has 0 radical (unpaired) electrons. The van der Waals surface area contributed by atoms with E-state index in [-0.39, 0.29) is 36.9 Å². The van der Waals surface area contributed by atoms with Crippen LogP contribution in [0, 0.1) is 5.82 Å². The summed E-state index contributed by atoms with van der Waals surface area (Å²) in [5.41, 5.74) is 0.638. The Bertz CT molecular complexity index is 1070. The van der Waals surface area contributed by atoms with Crippen molar-refractivity contribution in [1.29, 1.82) is 0 Å². The number of benzene rings is 2. The van der Waals surface area contributed by atoms with Gasteiger partial charge in [-0.25, -0.2) is 12.8 Å². The minimum atomic E-state index is -3.65. The molecule has 0 atom stereocenters. The largest absolute Gasteiger partial charge is 0.340 e. The van der Waals surface area contributed by atoms with Crippen LogP contribution in [0.4, 0.5) is 4.39 Å². The molecule has 0 unspecified atom stereocenters. The van der Waals surface area contributed by atoms with Crippen LogP contribution in [0.5, 0.6) is 0 Å². The van der Waals surface area contributed by atoms with Gasteiger partial charge >= 0.3 is 0 Å². The molecule has 0 spiro atoms. The molecule has 29 heavy (non-hydrogen) atoms. The predicted octanol–water partition coefficient (Wildman–Crippen LogP) is 1.50. The van der Waals surface area contributed by atoms with Gasteiger partial charge in [0, 0.05) is 26.1 Å². The first-order valence-corrected chi connectivity index (χ1v) is 10.6. The Morgan fingerprint density at radius 2 is 1.52 bits per heavy atom. The van der Waals surface area contributed by atoms with Crippen LogP contribution < -0.4 is 0 Å². The molecule has 150 valence electrons. The van der Waals surface area contributed by atoms with Crippen molar-refractivity contribution in [2.75, 3.05) is 19.6 Å². The highest BCUT2D eigenvalue weighted by molar-refractivity contribution is 7.92. The van der Waals surface area contributed by atoms with Crippen molar-refractivity contribution >= 4 is 27.6 Å². The molecule has 0 aromatic heterocycles. The molecule has 1 saturated heterocycles. The van der Waals surface area contributed by atoms with Crippen molar-refractivity contribution in [3.63, 3.8) is 0 Å². The highest BCUT2D eigenvalue weighted by Crippen LogP contribution is 2.26. The van der Waals surface area contributed by atoms with E-state index in [2.05, 4.69) is 0 Å². The molecule has 0 N–H and O–H groups in total. The van der Waals surface area contributed by atoms with E-state index in [1.54, 1.807) is 24.3 Å². The lowest BCUT2D eigenvalue weighted by molar-refractivity contribution is -0.134. The van der Waals surface area contributed by atoms with Crippen LogP contribution in [0.25, 0.3) is 0 Å². The van der Waals surface area contributed by atoms with Gasteiger partial charge in [0.2, 0.25) is 5.91 Å². The lowest BCUT2D eigenvalue weighted by Crippen LogP contribution is -2.57. The Hall–Kier alpha value is -3.07. The molecule has 1 fully saturated rings. The molecule has 2 aliphatic heterocycles. The molecular formula is C20H17FN2O5S. The minimum Gasteiger partial charge on any atom is -0.340 e. The van der Waals surface area contributed by atoms with Crippen molar-refractivity contribution in [1.82, 2.24) is 9.80 Å². The second kappa shape index (κ2) is 7.07. The number of likely N-dealkylation sites (tertiary alicyclic amines) is 1. The van der Waals surface area contributed by atoms with Gasteiger partial charge in [-0.1, -0.05) is 12.1 Å². The van der Waals surface area contributed by atoms with Gasteiger partial charge in [-0.05, 0) is 36.4 Å². The Balaban J connectivity index is 1.33. The Morgan fingerprint density at radius 1 is 0.966 bits per heavy atom. The number of carbonyl (C=O) groups is 3. The third kappa shape index (κ3) is 3.31. The Labute approximate surface area is 166 Å². The summed E-state index contributed by atoms with van der Waals surface area (Å²) in [6.45, 7) is -0.00161. The van der Waals surface area contributed by atoms with Gasteiger partial charge in [0.15, 0.2) is 9.84 Å². The summed E-state index contributed by atoms with van der Waals surface area (Å²) in [7, 11) is -3.65. The highest BCUT2D eigenvalue weighted by atomic mass is 32.2. The average Bonchev–Trinajstić information content (AvgIpc) is 2.90. The number of halogens is 1. The van der Waals surface area contributed by atoms with Gasteiger partial charge in [-0.15, -0.1) is 0 Å². The summed E-state index contributed by atoms with van der Waals surface area (Å²) in [5, 5.41) is -0.754. The highest BCUT2D eigenvalue weighted by Gasteiger charge is 2.41. The second-order valence-corrected chi connectivity index (χ2v) is 9.21. The number of carbonyl (C=O) groups excluding carboxylic acids is 3. The zero-order valence-electron chi connectivity index (χ0n) is 15.2. The van der Waals surface area contributed by atoms with E-state index in [1.807, 2.05) is 0 Å². The zero-order chi connectivity index (χ0) is 20.8. The van der Waals surface area contributed by atoms with Crippen molar-refractivity contribution in [2.45, 2.75) is 16.6 Å². The van der Waals surface area contributed by atoms with Crippen LogP contribution in [-0.2, 0) is 14.6 Å². The summed E-state index contributed by atoms with van der Waals surface area (Å²) >= 11 is 0. The quantitative estimate of drug-likeness (QED) is 0.544. The third-order valence-electron chi connectivity index (χ3n) is 5.21. The number of rotatable bonds is 5. The van der Waals surface area contributed by atoms with E-state index in [9.17, 15) is 27.2 Å². The molecule has 4 rings (SSSR count). The summed E-state index contributed by atoms with van der Waals surface area (Å²) in [6.07, 6.45) is -0.0746. The molecule has 3 amide bonds. The lowest BCUT2D eigenvalue weighted by atomic mass is 10.1. The minimum absolute atomic E-state index is 0.0158. The summed E-state index contributed by atoms with van der Waals surface area (Å²) in [5.74, 6) is -1.72. The first-order valence-electron chi connectivity index (χ1n) is 9.01. The SMILES string of the molecule is O=C(CCN1C(=O)c2ccccc2C1=O)N1CC(S(=O)(=O)c2ccc(F)cc2)C1. The monoisotopic (exact) mass is 416 g/mol. The van der Waals surface area contributed by atoms with Crippen molar-refractivity contribution in [2.24, 2.45) is 0 Å². The van der Waals surface area contributed by atoms with Crippen molar-refractivity contribution < 1.29 is 27.2 Å². The fraction of sp³-hybridized carbons (Fsp3) is 0.250. The molecule has 0 aliphatic carbocycles. The van der Waals surface area contributed by atoms with E-state index < -0.39 is 32.7 Å². The van der Waals surface area contributed by atoms with E-state index in [1.165, 1.54) is 17.0 Å². The smallest absolute Gasteiger partial charge is 0.261 e. The molecule has 2 aromatic rings. The van der Waals surface area contributed by atoms with Crippen LogP contribution in [0.1, 0.15) is 27.1 Å². The van der Waals surface area contributed by atoms with Gasteiger partial charge in [-0.2, -0.15) is 0 Å². The topological polar surface area (TPSA) is 91.8 Å². The maximum Gasteiger partial charge on any atom is 0.261 e. The molecule has 2 aliphatic rings. The first-order chi connectivity index (χ1) is 13.8. The normalized spacial score (nSPS) is 16.7. The van der Waals surface area contributed by atoms with Crippen LogP contribution in [0.2, 0.25) is 0 Å². The zero-order valence-corrected chi connectivity index (χ0v) is 16.1. The maximum absolute atomic E-state index is 13.0.